The van der Waals surface area contributed by atoms with Crippen LogP contribution in [0.2, 0.25) is 0 Å². The third-order valence-electron chi connectivity index (χ3n) is 0.593. The van der Waals surface area contributed by atoms with Crippen LogP contribution in [-0.2, 0) is 4.79 Å². The smallest absolute Gasteiger partial charge is 0.171 e. The first kappa shape index (κ1) is 4.24. The minimum absolute atomic E-state index is 0.116. The van der Waals surface area contributed by atoms with Crippen molar-refractivity contribution < 1.29 is 4.79 Å². The average Bonchev–Trinajstić information content (AvgIpc) is 1.69. The first-order valence-corrected chi connectivity index (χ1v) is 1.88. The number of carbonyl (C=O) groups is 1. The normalized spacial score (nSPS) is 18.0. The SMILES string of the molecule is O=C1[C]C=NC=C1. The maximum absolute atomic E-state index is 10.2. The molecule has 0 aliphatic carbocycles. The van der Waals surface area contributed by atoms with E-state index in [4.69, 9.17) is 0 Å². The van der Waals surface area contributed by atoms with Gasteiger partial charge in [0, 0.05) is 18.5 Å². The highest BCUT2D eigenvalue weighted by Crippen LogP contribution is 1.87. The van der Waals surface area contributed by atoms with Gasteiger partial charge in [0.25, 0.3) is 0 Å². The highest BCUT2D eigenvalue weighted by molar-refractivity contribution is 6.10. The van der Waals surface area contributed by atoms with Crippen molar-refractivity contribution in [1.29, 1.82) is 0 Å². The van der Waals surface area contributed by atoms with Gasteiger partial charge in [0.15, 0.2) is 5.78 Å². The fourth-order valence-electron chi connectivity index (χ4n) is 0.303. The first-order valence-electron chi connectivity index (χ1n) is 1.88. The van der Waals surface area contributed by atoms with Crippen LogP contribution in [0.1, 0.15) is 0 Å². The van der Waals surface area contributed by atoms with Gasteiger partial charge in [-0.3, -0.25) is 9.79 Å². The van der Waals surface area contributed by atoms with Crippen molar-refractivity contribution in [2.45, 2.75) is 0 Å². The summed E-state index contributed by atoms with van der Waals surface area (Å²) in [7, 11) is 0. The second-order valence-electron chi connectivity index (χ2n) is 1.10. The molecule has 1 aliphatic rings. The van der Waals surface area contributed by atoms with E-state index < -0.39 is 0 Å². The van der Waals surface area contributed by atoms with Crippen molar-refractivity contribution in [1.82, 2.24) is 0 Å². The molecule has 0 saturated carbocycles. The molecular weight excluding hydrogens is 90.1 g/mol. The van der Waals surface area contributed by atoms with E-state index in [1.807, 2.05) is 0 Å². The predicted octanol–water partition coefficient (Wildman–Crippen LogP) is 0.235. The number of carbonyl (C=O) groups excluding carboxylic acids is 1. The maximum Gasteiger partial charge on any atom is 0.171 e. The van der Waals surface area contributed by atoms with Gasteiger partial charge in [0.1, 0.15) is 6.42 Å². The molecule has 0 fully saturated rings. The number of nitrogens with zero attached hydrogens (tertiary/aromatic N) is 1. The van der Waals surface area contributed by atoms with Gasteiger partial charge in [-0.2, -0.15) is 0 Å². The molecule has 0 saturated heterocycles. The van der Waals surface area contributed by atoms with Crippen molar-refractivity contribution in [3.8, 4) is 0 Å². The zero-order chi connectivity index (χ0) is 5.11. The Bertz CT molecular complexity index is 135. The molecule has 34 valence electrons. The lowest BCUT2D eigenvalue weighted by molar-refractivity contribution is -0.111. The first-order chi connectivity index (χ1) is 3.39. The Hall–Kier alpha value is -0.920. The quantitative estimate of drug-likeness (QED) is 0.421. The molecule has 0 unspecified atom stereocenters. The molecule has 1 rings (SSSR count). The molecule has 0 bridgehead atoms. The van der Waals surface area contributed by atoms with Gasteiger partial charge in [-0.1, -0.05) is 0 Å². The van der Waals surface area contributed by atoms with E-state index in [9.17, 15) is 4.79 Å². The lowest BCUT2D eigenvalue weighted by atomic mass is 10.3. The average molecular weight is 93.1 g/mol. The Kier molecular flexibility index (Phi) is 1.02. The molecule has 0 aromatic heterocycles. The lowest BCUT2D eigenvalue weighted by Crippen LogP contribution is -1.96. The van der Waals surface area contributed by atoms with E-state index in [0.717, 1.165) is 0 Å². The Labute approximate surface area is 41.6 Å². The molecule has 0 amide bonds. The molecule has 0 aromatic rings. The highest BCUT2D eigenvalue weighted by Gasteiger charge is 1.95. The summed E-state index contributed by atoms with van der Waals surface area (Å²) in [4.78, 5) is 13.8. The van der Waals surface area contributed by atoms with Crippen molar-refractivity contribution >= 4 is 12.0 Å². The molecule has 0 spiro atoms. The summed E-state index contributed by atoms with van der Waals surface area (Å²) in [6, 6.07) is 0. The summed E-state index contributed by atoms with van der Waals surface area (Å²) < 4.78 is 0. The van der Waals surface area contributed by atoms with Crippen LogP contribution in [-0.4, -0.2) is 12.0 Å². The van der Waals surface area contributed by atoms with Crippen LogP contribution in [0, 0.1) is 6.42 Å². The fraction of sp³-hybridized carbons (Fsp3) is 0. The van der Waals surface area contributed by atoms with E-state index in [2.05, 4.69) is 11.4 Å². The lowest BCUT2D eigenvalue weighted by Gasteiger charge is -1.86. The Morgan fingerprint density at radius 2 is 2.57 bits per heavy atom. The largest absolute Gasteiger partial charge is 0.294 e. The number of aliphatic imine (C=N–C) groups is 1. The van der Waals surface area contributed by atoms with Crippen molar-refractivity contribution in [2.75, 3.05) is 0 Å². The summed E-state index contributed by atoms with van der Waals surface area (Å²) in [5, 5.41) is 0. The van der Waals surface area contributed by atoms with Gasteiger partial charge in [-0.15, -0.1) is 0 Å². The molecule has 0 aromatic carbocycles. The third-order valence-corrected chi connectivity index (χ3v) is 0.593. The van der Waals surface area contributed by atoms with Crippen LogP contribution in [0.3, 0.4) is 0 Å². The molecule has 2 radical (unpaired) electrons. The van der Waals surface area contributed by atoms with Crippen LogP contribution in [0.5, 0.6) is 0 Å². The number of ketones is 1. The molecule has 0 N–H and O–H groups in total. The number of hydrogen-bond donors (Lipinski definition) is 0. The Morgan fingerprint density at radius 3 is 2.86 bits per heavy atom. The standard InChI is InChI=1S/C5H3NO/c7-5-1-3-6-4-2-5/h1,3-4H. The molecule has 2 nitrogen and oxygen atoms in total. The summed E-state index contributed by atoms with van der Waals surface area (Å²) in [5.41, 5.74) is 0. The van der Waals surface area contributed by atoms with E-state index in [1.54, 1.807) is 0 Å². The van der Waals surface area contributed by atoms with Gasteiger partial charge >= 0.3 is 0 Å². The summed E-state index contributed by atoms with van der Waals surface area (Å²) in [6.45, 7) is 0. The van der Waals surface area contributed by atoms with E-state index >= 15 is 0 Å². The van der Waals surface area contributed by atoms with Gasteiger partial charge in [-0.05, 0) is 0 Å². The minimum atomic E-state index is -0.116. The van der Waals surface area contributed by atoms with Crippen LogP contribution in [0.25, 0.3) is 0 Å². The molecular formula is C5H3NO. The Balaban J connectivity index is 2.66. The van der Waals surface area contributed by atoms with E-state index in [0.29, 0.717) is 0 Å². The second-order valence-corrected chi connectivity index (χ2v) is 1.10. The third kappa shape index (κ3) is 0.961. The van der Waals surface area contributed by atoms with Gasteiger partial charge in [-0.25, -0.2) is 0 Å². The second kappa shape index (κ2) is 1.69. The molecule has 1 heterocycles. The molecule has 2 heteroatoms. The summed E-state index contributed by atoms with van der Waals surface area (Å²) in [6.07, 6.45) is 6.52. The van der Waals surface area contributed by atoms with Crippen LogP contribution in [0.15, 0.2) is 17.3 Å². The van der Waals surface area contributed by atoms with Gasteiger partial charge < -0.3 is 0 Å². The maximum atomic E-state index is 10.2. The minimum Gasteiger partial charge on any atom is -0.294 e. The molecule has 0 atom stereocenters. The predicted molar refractivity (Wildman–Crippen MR) is 25.9 cm³/mol. The van der Waals surface area contributed by atoms with Crippen LogP contribution in [0.4, 0.5) is 0 Å². The van der Waals surface area contributed by atoms with E-state index in [1.165, 1.54) is 18.5 Å². The van der Waals surface area contributed by atoms with Crippen molar-refractivity contribution in [3.05, 3.63) is 18.7 Å². The zero-order valence-corrected chi connectivity index (χ0v) is 3.59. The fourth-order valence-corrected chi connectivity index (χ4v) is 0.303. The summed E-state index contributed by atoms with van der Waals surface area (Å²) >= 11 is 0. The van der Waals surface area contributed by atoms with Crippen molar-refractivity contribution in [2.24, 2.45) is 4.99 Å². The van der Waals surface area contributed by atoms with Crippen molar-refractivity contribution in [3.63, 3.8) is 0 Å². The van der Waals surface area contributed by atoms with Gasteiger partial charge in [0.2, 0.25) is 0 Å². The monoisotopic (exact) mass is 93.0 g/mol. The Morgan fingerprint density at radius 1 is 1.71 bits per heavy atom. The van der Waals surface area contributed by atoms with Crippen LogP contribution < -0.4 is 0 Å². The highest BCUT2D eigenvalue weighted by atomic mass is 16.1. The number of allylic oxidation sites excluding steroid dienone is 1. The topological polar surface area (TPSA) is 29.4 Å². The number of rotatable bonds is 0. The molecule has 1 aliphatic heterocycles. The van der Waals surface area contributed by atoms with Crippen LogP contribution >= 0.6 is 0 Å². The molecule has 7 heavy (non-hydrogen) atoms. The van der Waals surface area contributed by atoms with Gasteiger partial charge in [0.05, 0.1) is 0 Å². The summed E-state index contributed by atoms with van der Waals surface area (Å²) in [5.74, 6) is -0.116. The zero-order valence-electron chi connectivity index (χ0n) is 3.59. The number of hydrogen-bond acceptors (Lipinski definition) is 2. The van der Waals surface area contributed by atoms with E-state index in [-0.39, 0.29) is 5.78 Å².